The number of anilines is 1. The number of aromatic nitrogens is 2. The van der Waals surface area contributed by atoms with Gasteiger partial charge in [0.25, 0.3) is 5.91 Å². The van der Waals surface area contributed by atoms with E-state index in [0.29, 0.717) is 22.2 Å². The first-order valence-electron chi connectivity index (χ1n) is 8.93. The lowest BCUT2D eigenvalue weighted by molar-refractivity contribution is 0.0378. The number of thiophene rings is 1. The zero-order chi connectivity index (χ0) is 19.0. The summed E-state index contributed by atoms with van der Waals surface area (Å²) in [5.41, 5.74) is 2.80. The molecule has 0 saturated heterocycles. The van der Waals surface area contributed by atoms with E-state index in [4.69, 9.17) is 4.74 Å². The second kappa shape index (κ2) is 7.23. The average Bonchev–Trinajstić information content (AvgIpc) is 3.05. The Morgan fingerprint density at radius 3 is 2.77 bits per heavy atom. The Hall–Kier alpha value is -2.15. The lowest BCUT2D eigenvalue weighted by atomic mass is 9.88. The van der Waals surface area contributed by atoms with Gasteiger partial charge in [-0.15, -0.1) is 11.3 Å². The van der Waals surface area contributed by atoms with Crippen LogP contribution in [0.15, 0.2) is 6.07 Å². The van der Waals surface area contributed by atoms with E-state index >= 15 is 0 Å². The minimum absolute atomic E-state index is 0.205. The van der Waals surface area contributed by atoms with Crippen LogP contribution >= 0.6 is 11.3 Å². The van der Waals surface area contributed by atoms with E-state index in [1.807, 2.05) is 20.8 Å². The Morgan fingerprint density at radius 2 is 2.15 bits per heavy atom. The SMILES string of the molecule is Cc1cc(C(=O)Nc2sc3c(c2C(=O)OC(C)C)CCC(C)C3)n(C)n1. The summed E-state index contributed by atoms with van der Waals surface area (Å²) in [5, 5.41) is 7.72. The highest BCUT2D eigenvalue weighted by atomic mass is 32.1. The maximum atomic E-state index is 12.7. The van der Waals surface area contributed by atoms with Crippen molar-refractivity contribution in [2.24, 2.45) is 13.0 Å². The molecule has 1 N–H and O–H groups in total. The summed E-state index contributed by atoms with van der Waals surface area (Å²) in [5.74, 6) is -0.0414. The predicted molar refractivity (Wildman–Crippen MR) is 102 cm³/mol. The van der Waals surface area contributed by atoms with E-state index in [9.17, 15) is 9.59 Å². The van der Waals surface area contributed by atoms with Gasteiger partial charge in [-0.3, -0.25) is 9.48 Å². The van der Waals surface area contributed by atoms with E-state index in [1.165, 1.54) is 16.2 Å². The number of fused-ring (bicyclic) bond motifs is 1. The molecular weight excluding hydrogens is 350 g/mol. The smallest absolute Gasteiger partial charge is 0.341 e. The van der Waals surface area contributed by atoms with Gasteiger partial charge in [0.15, 0.2) is 0 Å². The highest BCUT2D eigenvalue weighted by Gasteiger charge is 2.30. The van der Waals surface area contributed by atoms with Crippen LogP contribution in [0.5, 0.6) is 0 Å². The summed E-state index contributed by atoms with van der Waals surface area (Å²) in [6.45, 7) is 7.71. The number of rotatable bonds is 4. The van der Waals surface area contributed by atoms with Gasteiger partial charge in [-0.2, -0.15) is 5.10 Å². The van der Waals surface area contributed by atoms with Crippen molar-refractivity contribution in [3.63, 3.8) is 0 Å². The molecule has 0 aromatic carbocycles. The fourth-order valence-electron chi connectivity index (χ4n) is 3.32. The van der Waals surface area contributed by atoms with Gasteiger partial charge in [0, 0.05) is 11.9 Å². The molecule has 1 aliphatic carbocycles. The van der Waals surface area contributed by atoms with Gasteiger partial charge in [0.1, 0.15) is 10.7 Å². The molecule has 2 aromatic heterocycles. The molecule has 0 fully saturated rings. The fraction of sp³-hybridized carbons (Fsp3) is 0.526. The molecule has 2 heterocycles. The fourth-order valence-corrected chi connectivity index (χ4v) is 4.71. The van der Waals surface area contributed by atoms with Crippen molar-refractivity contribution in [1.82, 2.24) is 9.78 Å². The van der Waals surface area contributed by atoms with Crippen LogP contribution in [0.3, 0.4) is 0 Å². The van der Waals surface area contributed by atoms with Gasteiger partial charge >= 0.3 is 5.97 Å². The van der Waals surface area contributed by atoms with Crippen LogP contribution in [0.2, 0.25) is 0 Å². The van der Waals surface area contributed by atoms with Gasteiger partial charge < -0.3 is 10.1 Å². The first-order valence-corrected chi connectivity index (χ1v) is 9.75. The zero-order valence-corrected chi connectivity index (χ0v) is 16.7. The number of hydrogen-bond donors (Lipinski definition) is 1. The Labute approximate surface area is 157 Å². The summed E-state index contributed by atoms with van der Waals surface area (Å²) in [4.78, 5) is 26.6. The molecule has 6 nitrogen and oxygen atoms in total. The largest absolute Gasteiger partial charge is 0.459 e. The molecule has 0 bridgehead atoms. The van der Waals surface area contributed by atoms with Crippen LogP contribution in [-0.2, 0) is 24.6 Å². The van der Waals surface area contributed by atoms with E-state index < -0.39 is 0 Å². The number of ether oxygens (including phenoxy) is 1. The number of hydrogen-bond acceptors (Lipinski definition) is 5. The summed E-state index contributed by atoms with van der Waals surface area (Å²) in [6, 6.07) is 1.73. The summed E-state index contributed by atoms with van der Waals surface area (Å²) < 4.78 is 6.99. The molecule has 1 aliphatic rings. The van der Waals surface area contributed by atoms with Crippen LogP contribution in [-0.4, -0.2) is 27.8 Å². The van der Waals surface area contributed by atoms with Gasteiger partial charge in [-0.1, -0.05) is 6.92 Å². The van der Waals surface area contributed by atoms with Crippen molar-refractivity contribution < 1.29 is 14.3 Å². The van der Waals surface area contributed by atoms with Crippen molar-refractivity contribution >= 4 is 28.2 Å². The minimum atomic E-state index is -0.358. The van der Waals surface area contributed by atoms with Crippen LogP contribution in [0.1, 0.15) is 64.2 Å². The molecule has 140 valence electrons. The lowest BCUT2D eigenvalue weighted by Crippen LogP contribution is -2.19. The third-order valence-electron chi connectivity index (χ3n) is 4.52. The second-order valence-electron chi connectivity index (χ2n) is 7.26. The Balaban J connectivity index is 1.96. The summed E-state index contributed by atoms with van der Waals surface area (Å²) in [7, 11) is 1.73. The highest BCUT2D eigenvalue weighted by Crippen LogP contribution is 2.40. The normalized spacial score (nSPS) is 16.5. The molecule has 0 radical (unpaired) electrons. The van der Waals surface area contributed by atoms with Crippen LogP contribution < -0.4 is 5.32 Å². The number of nitrogens with zero attached hydrogens (tertiary/aromatic N) is 2. The van der Waals surface area contributed by atoms with Crippen LogP contribution in [0.25, 0.3) is 0 Å². The van der Waals surface area contributed by atoms with Gasteiger partial charge in [-0.25, -0.2) is 4.79 Å². The van der Waals surface area contributed by atoms with Crippen molar-refractivity contribution in [3.8, 4) is 0 Å². The Bertz CT molecular complexity index is 851. The number of carbonyl (C=O) groups is 2. The number of aryl methyl sites for hydroxylation is 2. The summed E-state index contributed by atoms with van der Waals surface area (Å²) >= 11 is 1.49. The van der Waals surface area contributed by atoms with Crippen LogP contribution in [0, 0.1) is 12.8 Å². The van der Waals surface area contributed by atoms with Crippen LogP contribution in [0.4, 0.5) is 5.00 Å². The first-order chi connectivity index (χ1) is 12.3. The highest BCUT2D eigenvalue weighted by molar-refractivity contribution is 7.17. The molecular formula is C19H25N3O3S. The maximum Gasteiger partial charge on any atom is 0.341 e. The zero-order valence-electron chi connectivity index (χ0n) is 15.9. The number of amides is 1. The molecule has 1 atom stereocenters. The van der Waals surface area contributed by atoms with E-state index in [1.54, 1.807) is 17.8 Å². The van der Waals surface area contributed by atoms with Crippen molar-refractivity contribution in [1.29, 1.82) is 0 Å². The molecule has 1 amide bonds. The number of esters is 1. The molecule has 2 aromatic rings. The van der Waals surface area contributed by atoms with E-state index in [-0.39, 0.29) is 18.0 Å². The topological polar surface area (TPSA) is 73.2 Å². The molecule has 26 heavy (non-hydrogen) atoms. The third kappa shape index (κ3) is 3.67. The average molecular weight is 375 g/mol. The molecule has 0 spiro atoms. The lowest BCUT2D eigenvalue weighted by Gasteiger charge is -2.18. The standard InChI is InChI=1S/C19H25N3O3S/c1-10(2)25-19(24)16-13-7-6-11(3)8-15(13)26-18(16)20-17(23)14-9-12(4)21-22(14)5/h9-11H,6-8H2,1-5H3,(H,20,23). The molecule has 3 rings (SSSR count). The van der Waals surface area contributed by atoms with E-state index in [0.717, 1.165) is 30.5 Å². The minimum Gasteiger partial charge on any atom is -0.459 e. The Morgan fingerprint density at radius 1 is 1.42 bits per heavy atom. The molecule has 1 unspecified atom stereocenters. The monoisotopic (exact) mass is 375 g/mol. The second-order valence-corrected chi connectivity index (χ2v) is 8.36. The first kappa shape index (κ1) is 18.6. The Kier molecular flexibility index (Phi) is 5.18. The van der Waals surface area contributed by atoms with Gasteiger partial charge in [-0.05, 0) is 57.6 Å². The van der Waals surface area contributed by atoms with Crippen molar-refractivity contribution in [2.75, 3.05) is 5.32 Å². The maximum absolute atomic E-state index is 12.7. The number of carbonyl (C=O) groups excluding carboxylic acids is 2. The van der Waals surface area contributed by atoms with Gasteiger partial charge in [0.05, 0.1) is 17.4 Å². The van der Waals surface area contributed by atoms with Crippen molar-refractivity contribution in [3.05, 3.63) is 33.5 Å². The predicted octanol–water partition coefficient (Wildman–Crippen LogP) is 3.73. The summed E-state index contributed by atoms with van der Waals surface area (Å²) in [6.07, 6.45) is 2.61. The van der Waals surface area contributed by atoms with E-state index in [2.05, 4.69) is 17.3 Å². The molecule has 7 heteroatoms. The molecule has 0 saturated carbocycles. The van der Waals surface area contributed by atoms with Crippen molar-refractivity contribution in [2.45, 2.75) is 53.1 Å². The number of nitrogens with one attached hydrogen (secondary N) is 1. The quantitative estimate of drug-likeness (QED) is 0.827. The van der Waals surface area contributed by atoms with Gasteiger partial charge in [0.2, 0.25) is 0 Å². The third-order valence-corrected chi connectivity index (χ3v) is 5.69. The molecule has 0 aliphatic heterocycles.